The summed E-state index contributed by atoms with van der Waals surface area (Å²) in [6.07, 6.45) is 3.60. The lowest BCUT2D eigenvalue weighted by molar-refractivity contribution is -0.0735. The van der Waals surface area contributed by atoms with E-state index < -0.39 is 6.29 Å². The predicted molar refractivity (Wildman–Crippen MR) is 93.7 cm³/mol. The van der Waals surface area contributed by atoms with Gasteiger partial charge in [0.25, 0.3) is 0 Å². The Balaban J connectivity index is 1.53. The highest BCUT2D eigenvalue weighted by atomic mass is 16.6. The number of aliphatic hydroxyl groups excluding tert-OH is 1. The summed E-state index contributed by atoms with van der Waals surface area (Å²) in [6.45, 7) is 4.17. The third-order valence-electron chi connectivity index (χ3n) is 5.00. The minimum Gasteiger partial charge on any atom is -0.465 e. The molecule has 0 amide bonds. The van der Waals surface area contributed by atoms with Crippen molar-refractivity contribution < 1.29 is 9.84 Å². The van der Waals surface area contributed by atoms with Crippen molar-refractivity contribution in [1.29, 1.82) is 0 Å². The lowest BCUT2D eigenvalue weighted by atomic mass is 9.78. The summed E-state index contributed by atoms with van der Waals surface area (Å²) in [7, 11) is 0. The van der Waals surface area contributed by atoms with Gasteiger partial charge < -0.3 is 9.84 Å². The molecule has 3 rings (SSSR count). The summed E-state index contributed by atoms with van der Waals surface area (Å²) in [5.41, 5.74) is 3.94. The van der Waals surface area contributed by atoms with Crippen LogP contribution in [0.25, 0.3) is 0 Å². The van der Waals surface area contributed by atoms with Crippen LogP contribution >= 0.6 is 0 Å². The second kappa shape index (κ2) is 7.18. The minimum absolute atomic E-state index is 0.234. The molecule has 1 atom stereocenters. The van der Waals surface area contributed by atoms with Crippen LogP contribution in [0.3, 0.4) is 0 Å². The Morgan fingerprint density at radius 1 is 0.826 bits per heavy atom. The highest BCUT2D eigenvalue weighted by Gasteiger charge is 2.28. The molecule has 2 nitrogen and oxygen atoms in total. The van der Waals surface area contributed by atoms with Crippen molar-refractivity contribution >= 4 is 0 Å². The molecule has 2 aromatic rings. The van der Waals surface area contributed by atoms with E-state index in [1.165, 1.54) is 16.7 Å². The summed E-state index contributed by atoms with van der Waals surface area (Å²) in [4.78, 5) is 0. The van der Waals surface area contributed by atoms with E-state index in [1.54, 1.807) is 0 Å². The number of aliphatic hydroxyl groups is 1. The van der Waals surface area contributed by atoms with Crippen molar-refractivity contribution in [2.45, 2.75) is 51.7 Å². The van der Waals surface area contributed by atoms with Gasteiger partial charge in [-0.2, -0.15) is 0 Å². The molecule has 1 unspecified atom stereocenters. The molecule has 0 aromatic heterocycles. The Hall–Kier alpha value is -1.80. The summed E-state index contributed by atoms with van der Waals surface area (Å²) >= 11 is 0. The first-order valence-corrected chi connectivity index (χ1v) is 8.60. The molecule has 0 spiro atoms. The Bertz CT molecular complexity index is 607. The van der Waals surface area contributed by atoms with Gasteiger partial charge >= 0.3 is 0 Å². The second-order valence-corrected chi connectivity index (χ2v) is 6.84. The largest absolute Gasteiger partial charge is 0.465 e. The summed E-state index contributed by atoms with van der Waals surface area (Å²) in [5, 5.41) is 10.4. The summed E-state index contributed by atoms with van der Waals surface area (Å²) < 4.78 is 5.72. The zero-order valence-electron chi connectivity index (χ0n) is 14.0. The van der Waals surface area contributed by atoms with Gasteiger partial charge in [0.15, 0.2) is 6.29 Å². The van der Waals surface area contributed by atoms with Crippen molar-refractivity contribution in [1.82, 2.24) is 0 Å². The molecule has 1 fully saturated rings. The van der Waals surface area contributed by atoms with Crippen LogP contribution in [0.1, 0.15) is 48.3 Å². The zero-order valence-corrected chi connectivity index (χ0v) is 14.0. The third-order valence-corrected chi connectivity index (χ3v) is 5.00. The van der Waals surface area contributed by atoms with Gasteiger partial charge in [-0.15, -0.1) is 0 Å². The maximum absolute atomic E-state index is 10.4. The van der Waals surface area contributed by atoms with Gasteiger partial charge in [0.2, 0.25) is 0 Å². The van der Waals surface area contributed by atoms with Gasteiger partial charge in [0.1, 0.15) is 5.75 Å². The average Bonchev–Trinajstić information content (AvgIpc) is 2.58. The van der Waals surface area contributed by atoms with Crippen molar-refractivity contribution in [2.75, 3.05) is 0 Å². The van der Waals surface area contributed by atoms with Crippen molar-refractivity contribution in [2.24, 2.45) is 5.92 Å². The van der Waals surface area contributed by atoms with Gasteiger partial charge in [-0.1, -0.05) is 47.5 Å². The van der Waals surface area contributed by atoms with Crippen LogP contribution in [-0.4, -0.2) is 11.4 Å². The molecule has 122 valence electrons. The normalized spacial score (nSPS) is 22.6. The van der Waals surface area contributed by atoms with Crippen LogP contribution in [0.2, 0.25) is 0 Å². The number of ether oxygens (including phenoxy) is 1. The molecular formula is C21H26O2. The SMILES string of the molecule is Cc1ccc(OC(O)C2CCC(c3ccc(C)cc3)CC2)cc1. The maximum atomic E-state index is 10.4. The van der Waals surface area contributed by atoms with Crippen LogP contribution in [0.5, 0.6) is 5.75 Å². The van der Waals surface area contributed by atoms with E-state index in [0.717, 1.165) is 31.4 Å². The molecule has 0 radical (unpaired) electrons. The maximum Gasteiger partial charge on any atom is 0.200 e. The molecule has 1 aliphatic carbocycles. The number of rotatable bonds is 4. The average molecular weight is 310 g/mol. The van der Waals surface area contributed by atoms with E-state index in [4.69, 9.17) is 4.74 Å². The molecule has 23 heavy (non-hydrogen) atoms. The van der Waals surface area contributed by atoms with E-state index in [9.17, 15) is 5.11 Å². The standard InChI is InChI=1S/C21H26O2/c1-15-3-7-17(8-4-15)18-9-11-19(12-10-18)21(22)23-20-13-5-16(2)6-14-20/h3-8,13-14,18-19,21-22H,9-12H2,1-2H3. The van der Waals surface area contributed by atoms with E-state index in [-0.39, 0.29) is 5.92 Å². The predicted octanol–water partition coefficient (Wildman–Crippen LogP) is 4.97. The van der Waals surface area contributed by atoms with Crippen molar-refractivity contribution in [3.63, 3.8) is 0 Å². The zero-order chi connectivity index (χ0) is 16.2. The molecule has 0 saturated heterocycles. The molecule has 1 saturated carbocycles. The van der Waals surface area contributed by atoms with Crippen molar-refractivity contribution in [3.05, 3.63) is 65.2 Å². The Morgan fingerprint density at radius 2 is 1.35 bits per heavy atom. The monoisotopic (exact) mass is 310 g/mol. The Morgan fingerprint density at radius 3 is 1.91 bits per heavy atom. The van der Waals surface area contributed by atoms with Crippen LogP contribution in [0, 0.1) is 19.8 Å². The molecule has 2 heteroatoms. The molecule has 0 bridgehead atoms. The fraction of sp³-hybridized carbons (Fsp3) is 0.429. The molecule has 0 aliphatic heterocycles. The van der Waals surface area contributed by atoms with Gasteiger partial charge in [-0.25, -0.2) is 0 Å². The summed E-state index contributed by atoms with van der Waals surface area (Å²) in [6, 6.07) is 16.8. The first-order chi connectivity index (χ1) is 11.1. The lowest BCUT2D eigenvalue weighted by Gasteiger charge is -2.31. The van der Waals surface area contributed by atoms with Crippen LogP contribution in [-0.2, 0) is 0 Å². The Kier molecular flexibility index (Phi) is 5.02. The van der Waals surface area contributed by atoms with E-state index in [2.05, 4.69) is 31.2 Å². The fourth-order valence-corrected chi connectivity index (χ4v) is 3.43. The first-order valence-electron chi connectivity index (χ1n) is 8.60. The van der Waals surface area contributed by atoms with Gasteiger partial charge in [-0.05, 0) is 63.1 Å². The quantitative estimate of drug-likeness (QED) is 0.807. The number of hydrogen-bond donors (Lipinski definition) is 1. The van der Waals surface area contributed by atoms with E-state index in [1.807, 2.05) is 31.2 Å². The minimum atomic E-state index is -0.698. The van der Waals surface area contributed by atoms with E-state index >= 15 is 0 Å². The number of hydrogen-bond acceptors (Lipinski definition) is 2. The Labute approximate surface area is 139 Å². The molecule has 2 aromatic carbocycles. The third kappa shape index (κ3) is 4.14. The molecule has 1 aliphatic rings. The summed E-state index contributed by atoms with van der Waals surface area (Å²) in [5.74, 6) is 1.61. The topological polar surface area (TPSA) is 29.5 Å². The van der Waals surface area contributed by atoms with Gasteiger partial charge in [0.05, 0.1) is 0 Å². The molecule has 0 heterocycles. The number of aryl methyl sites for hydroxylation is 2. The van der Waals surface area contributed by atoms with Gasteiger partial charge in [0, 0.05) is 5.92 Å². The van der Waals surface area contributed by atoms with Gasteiger partial charge in [-0.3, -0.25) is 0 Å². The second-order valence-electron chi connectivity index (χ2n) is 6.84. The number of benzene rings is 2. The van der Waals surface area contributed by atoms with Crippen molar-refractivity contribution in [3.8, 4) is 5.75 Å². The fourth-order valence-electron chi connectivity index (χ4n) is 3.43. The van der Waals surface area contributed by atoms with Crippen LogP contribution in [0.15, 0.2) is 48.5 Å². The van der Waals surface area contributed by atoms with Crippen LogP contribution < -0.4 is 4.74 Å². The first kappa shape index (κ1) is 16.1. The molecular weight excluding hydrogens is 284 g/mol. The lowest BCUT2D eigenvalue weighted by Crippen LogP contribution is -2.29. The van der Waals surface area contributed by atoms with Crippen LogP contribution in [0.4, 0.5) is 0 Å². The molecule has 1 N–H and O–H groups in total. The van der Waals surface area contributed by atoms with E-state index in [0.29, 0.717) is 5.92 Å². The smallest absolute Gasteiger partial charge is 0.200 e. The highest BCUT2D eigenvalue weighted by Crippen LogP contribution is 2.37. The highest BCUT2D eigenvalue weighted by molar-refractivity contribution is 5.27.